The second-order valence-corrected chi connectivity index (χ2v) is 4.84. The van der Waals surface area contributed by atoms with E-state index < -0.39 is 11.9 Å². The monoisotopic (exact) mass is 355 g/mol. The normalized spacial score (nSPS) is 9.57. The number of halogens is 1. The summed E-state index contributed by atoms with van der Waals surface area (Å²) in [6.07, 6.45) is 1.69. The highest BCUT2D eigenvalue weighted by molar-refractivity contribution is 9.10. The van der Waals surface area contributed by atoms with E-state index in [1.807, 2.05) is 24.3 Å². The van der Waals surface area contributed by atoms with Crippen LogP contribution in [0.5, 0.6) is 0 Å². The Hall–Kier alpha value is -2.12. The molecule has 2 aromatic rings. The molecule has 6 nitrogen and oxygen atoms in total. The molecule has 3 N–H and O–H groups in total. The number of aliphatic carboxylic acids is 2. The summed E-state index contributed by atoms with van der Waals surface area (Å²) < 4.78 is 6.33. The van der Waals surface area contributed by atoms with Crippen LogP contribution in [-0.2, 0) is 22.7 Å². The first-order valence-corrected chi connectivity index (χ1v) is 6.72. The van der Waals surface area contributed by atoms with Crippen molar-refractivity contribution in [2.45, 2.75) is 13.1 Å². The number of carbonyl (C=O) groups is 2. The lowest BCUT2D eigenvalue weighted by Gasteiger charge is -2.02. The van der Waals surface area contributed by atoms with Gasteiger partial charge in [0.1, 0.15) is 5.76 Å². The van der Waals surface area contributed by atoms with Gasteiger partial charge in [-0.15, -0.1) is 0 Å². The number of nitrogens with one attached hydrogen (secondary N) is 1. The maximum absolute atomic E-state index is 9.10. The maximum atomic E-state index is 9.10. The summed E-state index contributed by atoms with van der Waals surface area (Å²) in [4.78, 5) is 18.2. The number of furan rings is 1. The zero-order chi connectivity index (χ0) is 15.7. The van der Waals surface area contributed by atoms with Crippen molar-refractivity contribution in [3.05, 3.63) is 58.5 Å². The first-order valence-electron chi connectivity index (χ1n) is 5.93. The smallest absolute Gasteiger partial charge is 0.414 e. The highest BCUT2D eigenvalue weighted by Crippen LogP contribution is 2.10. The van der Waals surface area contributed by atoms with Gasteiger partial charge in [0, 0.05) is 11.0 Å². The van der Waals surface area contributed by atoms with Gasteiger partial charge in [-0.05, 0) is 29.8 Å². The fourth-order valence-electron chi connectivity index (χ4n) is 1.35. The lowest BCUT2D eigenvalue weighted by Crippen LogP contribution is -2.11. The van der Waals surface area contributed by atoms with Crippen LogP contribution >= 0.6 is 15.9 Å². The van der Waals surface area contributed by atoms with Gasteiger partial charge in [-0.3, -0.25) is 0 Å². The van der Waals surface area contributed by atoms with Gasteiger partial charge in [0.2, 0.25) is 0 Å². The molecule has 0 saturated carbocycles. The van der Waals surface area contributed by atoms with Gasteiger partial charge in [-0.2, -0.15) is 0 Å². The van der Waals surface area contributed by atoms with Crippen LogP contribution in [0.3, 0.4) is 0 Å². The molecule has 21 heavy (non-hydrogen) atoms. The molecule has 0 saturated heterocycles. The zero-order valence-electron chi connectivity index (χ0n) is 11.0. The van der Waals surface area contributed by atoms with Crippen LogP contribution in [0.2, 0.25) is 0 Å². The number of hydrogen-bond acceptors (Lipinski definition) is 4. The number of benzene rings is 1. The van der Waals surface area contributed by atoms with Gasteiger partial charge in [-0.1, -0.05) is 28.1 Å². The van der Waals surface area contributed by atoms with E-state index in [9.17, 15) is 0 Å². The molecule has 112 valence electrons. The summed E-state index contributed by atoms with van der Waals surface area (Å²) in [5, 5.41) is 18.1. The van der Waals surface area contributed by atoms with Gasteiger partial charge in [0.25, 0.3) is 0 Å². The Labute approximate surface area is 129 Å². The van der Waals surface area contributed by atoms with Gasteiger partial charge < -0.3 is 19.9 Å². The molecule has 0 radical (unpaired) electrons. The molecule has 0 bridgehead atoms. The second kappa shape index (κ2) is 8.93. The molecule has 1 heterocycles. The molecule has 0 atom stereocenters. The van der Waals surface area contributed by atoms with E-state index in [0.29, 0.717) is 0 Å². The summed E-state index contributed by atoms with van der Waals surface area (Å²) in [5.41, 5.74) is 1.27. The molecule has 0 fully saturated rings. The minimum Gasteiger partial charge on any atom is -0.473 e. The highest BCUT2D eigenvalue weighted by atomic mass is 79.9. The predicted molar refractivity (Wildman–Crippen MR) is 78.7 cm³/mol. The van der Waals surface area contributed by atoms with Gasteiger partial charge in [-0.25, -0.2) is 9.59 Å². The minimum absolute atomic E-state index is 0.767. The zero-order valence-corrected chi connectivity index (χ0v) is 12.5. The van der Waals surface area contributed by atoms with Crippen molar-refractivity contribution in [1.29, 1.82) is 0 Å². The molecule has 1 aromatic carbocycles. The van der Waals surface area contributed by atoms with Crippen LogP contribution in [-0.4, -0.2) is 22.2 Å². The molecule has 1 aromatic heterocycles. The van der Waals surface area contributed by atoms with Gasteiger partial charge >= 0.3 is 11.9 Å². The Morgan fingerprint density at radius 2 is 1.67 bits per heavy atom. The molecule has 0 spiro atoms. The Balaban J connectivity index is 0.000000315. The van der Waals surface area contributed by atoms with Gasteiger partial charge in [0.05, 0.1) is 12.8 Å². The average Bonchev–Trinajstić information content (AvgIpc) is 2.95. The maximum Gasteiger partial charge on any atom is 0.414 e. The third-order valence-corrected chi connectivity index (χ3v) is 2.83. The highest BCUT2D eigenvalue weighted by Gasteiger charge is 2.04. The molecule has 0 aliphatic carbocycles. The number of carboxylic acid groups (broad SMARTS) is 2. The number of hydrogen-bond donors (Lipinski definition) is 3. The van der Waals surface area contributed by atoms with Crippen LogP contribution in [0.1, 0.15) is 11.3 Å². The van der Waals surface area contributed by atoms with Crippen molar-refractivity contribution in [3.8, 4) is 0 Å². The Morgan fingerprint density at radius 1 is 1.05 bits per heavy atom. The van der Waals surface area contributed by atoms with E-state index in [-0.39, 0.29) is 0 Å². The van der Waals surface area contributed by atoms with E-state index in [4.69, 9.17) is 24.2 Å². The second-order valence-electron chi connectivity index (χ2n) is 3.92. The van der Waals surface area contributed by atoms with Crippen molar-refractivity contribution < 1.29 is 24.2 Å². The van der Waals surface area contributed by atoms with E-state index in [0.717, 1.165) is 23.3 Å². The van der Waals surface area contributed by atoms with E-state index >= 15 is 0 Å². The average molecular weight is 356 g/mol. The SMILES string of the molecule is Brc1ccc(CNCc2ccco2)cc1.O=C(O)C(=O)O. The van der Waals surface area contributed by atoms with Crippen molar-refractivity contribution in [2.24, 2.45) is 0 Å². The molecule has 0 amide bonds. The Kier molecular flexibility index (Phi) is 7.20. The predicted octanol–water partition coefficient (Wildman–Crippen LogP) is 2.49. The number of carboxylic acids is 2. The van der Waals surface area contributed by atoms with Crippen molar-refractivity contribution in [3.63, 3.8) is 0 Å². The minimum atomic E-state index is -1.82. The first-order chi connectivity index (χ1) is 9.99. The third kappa shape index (κ3) is 7.28. The van der Waals surface area contributed by atoms with Crippen LogP contribution in [0.25, 0.3) is 0 Å². The number of rotatable bonds is 4. The molecule has 0 aliphatic rings. The molecule has 0 aliphatic heterocycles. The molecule has 0 unspecified atom stereocenters. The topological polar surface area (TPSA) is 99.8 Å². The van der Waals surface area contributed by atoms with E-state index in [2.05, 4.69) is 33.4 Å². The fourth-order valence-corrected chi connectivity index (χ4v) is 1.61. The van der Waals surface area contributed by atoms with Crippen LogP contribution < -0.4 is 5.32 Å². The Morgan fingerprint density at radius 3 is 2.14 bits per heavy atom. The lowest BCUT2D eigenvalue weighted by atomic mass is 10.2. The molecular formula is C14H14BrNO5. The summed E-state index contributed by atoms with van der Waals surface area (Å²) in [6, 6.07) is 12.2. The fraction of sp³-hybridized carbons (Fsp3) is 0.143. The third-order valence-electron chi connectivity index (χ3n) is 2.30. The van der Waals surface area contributed by atoms with Gasteiger partial charge in [0.15, 0.2) is 0 Å². The van der Waals surface area contributed by atoms with Crippen LogP contribution in [0.4, 0.5) is 0 Å². The van der Waals surface area contributed by atoms with E-state index in [1.54, 1.807) is 6.26 Å². The van der Waals surface area contributed by atoms with E-state index in [1.165, 1.54) is 5.56 Å². The van der Waals surface area contributed by atoms with Crippen molar-refractivity contribution in [1.82, 2.24) is 5.32 Å². The summed E-state index contributed by atoms with van der Waals surface area (Å²) in [6.45, 7) is 1.62. The lowest BCUT2D eigenvalue weighted by molar-refractivity contribution is -0.159. The molecule has 7 heteroatoms. The Bertz CT molecular complexity index is 554. The quantitative estimate of drug-likeness (QED) is 0.728. The summed E-state index contributed by atoms with van der Waals surface area (Å²) in [5.74, 6) is -2.68. The van der Waals surface area contributed by atoms with Crippen molar-refractivity contribution in [2.75, 3.05) is 0 Å². The standard InChI is InChI=1S/C12H12BrNO.C2H2O4/c13-11-5-3-10(4-6-11)8-14-9-12-2-1-7-15-12;3-1(4)2(5)6/h1-7,14H,8-9H2;(H,3,4)(H,5,6). The first kappa shape index (κ1) is 16.9. The molecular weight excluding hydrogens is 342 g/mol. The largest absolute Gasteiger partial charge is 0.473 e. The van der Waals surface area contributed by atoms with Crippen molar-refractivity contribution >= 4 is 27.9 Å². The van der Waals surface area contributed by atoms with Crippen LogP contribution in [0.15, 0.2) is 51.6 Å². The summed E-state index contributed by atoms with van der Waals surface area (Å²) in [7, 11) is 0. The molecule has 2 rings (SSSR count). The van der Waals surface area contributed by atoms with Crippen LogP contribution in [0, 0.1) is 0 Å². The summed E-state index contributed by atoms with van der Waals surface area (Å²) >= 11 is 3.41.